The third kappa shape index (κ3) is 4.91. The summed E-state index contributed by atoms with van der Waals surface area (Å²) < 4.78 is 31.0. The van der Waals surface area contributed by atoms with Crippen LogP contribution in [0.5, 0.6) is 17.4 Å². The van der Waals surface area contributed by atoms with Crippen molar-refractivity contribution in [1.82, 2.24) is 20.2 Å². The lowest BCUT2D eigenvalue weighted by atomic mass is 10.0. The maximum atomic E-state index is 14.6. The highest BCUT2D eigenvalue weighted by atomic mass is 19.1. The van der Waals surface area contributed by atoms with E-state index in [1.165, 1.54) is 13.3 Å². The van der Waals surface area contributed by atoms with Crippen molar-refractivity contribution in [3.8, 4) is 17.4 Å². The van der Waals surface area contributed by atoms with E-state index in [1.807, 2.05) is 18.2 Å². The molecule has 180 valence electrons. The zero-order chi connectivity index (χ0) is 23.5. The fourth-order valence-electron chi connectivity index (χ4n) is 4.58. The first-order valence-electron chi connectivity index (χ1n) is 11.6. The number of methoxy groups -OCH3 is 1. The first kappa shape index (κ1) is 22.8. The van der Waals surface area contributed by atoms with Gasteiger partial charge >= 0.3 is 0 Å². The number of halogens is 1. The van der Waals surface area contributed by atoms with Gasteiger partial charge in [-0.05, 0) is 43.1 Å². The summed E-state index contributed by atoms with van der Waals surface area (Å²) in [5.74, 6) is 1.60. The lowest BCUT2D eigenvalue weighted by Crippen LogP contribution is -2.52. The number of fused-ring (bicyclic) bond motifs is 2. The smallest absolute Gasteiger partial charge is 0.213 e. The van der Waals surface area contributed by atoms with E-state index in [1.54, 1.807) is 12.1 Å². The number of aliphatic hydroxyl groups is 1. The second-order valence-corrected chi connectivity index (χ2v) is 8.68. The number of ether oxygens (including phenoxy) is 3. The van der Waals surface area contributed by atoms with Gasteiger partial charge in [0.2, 0.25) is 5.88 Å². The molecule has 3 aromatic rings. The molecule has 0 unspecified atom stereocenters. The molecule has 0 saturated carbocycles. The van der Waals surface area contributed by atoms with E-state index in [-0.39, 0.29) is 11.9 Å². The quantitative estimate of drug-likeness (QED) is 0.546. The number of aromatic nitrogens is 2. The molecule has 2 aromatic heterocycles. The number of piperidine rings is 1. The van der Waals surface area contributed by atoms with Crippen molar-refractivity contribution in [2.75, 3.05) is 40.0 Å². The molecule has 2 aliphatic heterocycles. The number of likely N-dealkylation sites (tertiary alicyclic amines) is 1. The number of nitrogens with zero attached hydrogens (tertiary/aromatic N) is 3. The Kier molecular flexibility index (Phi) is 6.75. The van der Waals surface area contributed by atoms with Crippen molar-refractivity contribution in [2.45, 2.75) is 31.5 Å². The second kappa shape index (κ2) is 10.1. The van der Waals surface area contributed by atoms with E-state index < -0.39 is 6.10 Å². The summed E-state index contributed by atoms with van der Waals surface area (Å²) in [6, 6.07) is 9.42. The molecule has 4 heterocycles. The van der Waals surface area contributed by atoms with Crippen molar-refractivity contribution < 1.29 is 23.7 Å². The molecule has 0 bridgehead atoms. The number of nitrogens with one attached hydrogen (secondary N) is 1. The van der Waals surface area contributed by atoms with Gasteiger partial charge in [-0.1, -0.05) is 6.07 Å². The Morgan fingerprint density at radius 2 is 2.06 bits per heavy atom. The number of hydrogen-bond donors (Lipinski definition) is 2. The van der Waals surface area contributed by atoms with Crippen molar-refractivity contribution >= 4 is 11.0 Å². The number of benzene rings is 1. The van der Waals surface area contributed by atoms with Gasteiger partial charge in [-0.3, -0.25) is 4.98 Å². The summed E-state index contributed by atoms with van der Waals surface area (Å²) in [4.78, 5) is 10.7. The van der Waals surface area contributed by atoms with Gasteiger partial charge in [0, 0.05) is 37.3 Å². The predicted molar refractivity (Wildman–Crippen MR) is 125 cm³/mol. The van der Waals surface area contributed by atoms with E-state index in [9.17, 15) is 9.50 Å². The van der Waals surface area contributed by atoms with Crippen molar-refractivity contribution in [2.24, 2.45) is 0 Å². The van der Waals surface area contributed by atoms with Crippen molar-refractivity contribution in [3.05, 3.63) is 53.5 Å². The molecule has 0 radical (unpaired) electrons. The number of β-amino-alcohol motifs (C(OH)–C–C–N with tert-alkyl or cyclic N) is 1. The minimum Gasteiger partial charge on any atom is -0.486 e. The molecule has 1 saturated heterocycles. The zero-order valence-electron chi connectivity index (χ0n) is 19.2. The van der Waals surface area contributed by atoms with E-state index in [0.717, 1.165) is 30.0 Å². The van der Waals surface area contributed by atoms with Crippen LogP contribution in [0.25, 0.3) is 11.0 Å². The third-order valence-electron chi connectivity index (χ3n) is 6.47. The highest BCUT2D eigenvalue weighted by molar-refractivity contribution is 5.78. The van der Waals surface area contributed by atoms with Crippen LogP contribution in [-0.2, 0) is 13.0 Å². The average molecular weight is 469 g/mol. The van der Waals surface area contributed by atoms with Crippen LogP contribution < -0.4 is 19.5 Å². The molecule has 34 heavy (non-hydrogen) atoms. The van der Waals surface area contributed by atoms with E-state index in [2.05, 4.69) is 20.2 Å². The lowest BCUT2D eigenvalue weighted by molar-refractivity contribution is 0.0404. The molecular weight excluding hydrogens is 439 g/mol. The standard InChI is InChI=1S/C25H29FN4O4/c1-32-24-5-3-20-25(29-24)17(18(26)14-28-20)6-8-30-9-7-19(21(31)15-30)27-13-16-2-4-22-23(12-16)34-11-10-33-22/h2-5,12,14,19,21,27,31H,6-11,13,15H2,1H3/t19-,21-/m1/s1. The fourth-order valence-corrected chi connectivity index (χ4v) is 4.58. The van der Waals surface area contributed by atoms with E-state index in [4.69, 9.17) is 14.2 Å². The zero-order valence-corrected chi connectivity index (χ0v) is 19.2. The van der Waals surface area contributed by atoms with E-state index in [0.29, 0.717) is 61.7 Å². The Morgan fingerprint density at radius 1 is 1.21 bits per heavy atom. The molecule has 0 amide bonds. The van der Waals surface area contributed by atoms with Crippen LogP contribution >= 0.6 is 0 Å². The summed E-state index contributed by atoms with van der Waals surface area (Å²) in [6.45, 7) is 3.74. The van der Waals surface area contributed by atoms with Gasteiger partial charge in [0.05, 0.1) is 30.4 Å². The minimum atomic E-state index is -0.511. The highest BCUT2D eigenvalue weighted by Gasteiger charge is 2.27. The summed E-state index contributed by atoms with van der Waals surface area (Å²) in [5.41, 5.74) is 2.77. The first-order chi connectivity index (χ1) is 16.6. The molecule has 2 N–H and O–H groups in total. The average Bonchev–Trinajstić information content (AvgIpc) is 2.87. The Bertz CT molecular complexity index is 1160. The van der Waals surface area contributed by atoms with Gasteiger partial charge in [0.15, 0.2) is 11.5 Å². The van der Waals surface area contributed by atoms with Gasteiger partial charge < -0.3 is 29.5 Å². The molecule has 8 nitrogen and oxygen atoms in total. The summed E-state index contributed by atoms with van der Waals surface area (Å²) in [6.07, 6.45) is 2.02. The topological polar surface area (TPSA) is 89.0 Å². The molecule has 5 rings (SSSR count). The van der Waals surface area contributed by atoms with E-state index >= 15 is 0 Å². The number of aliphatic hydroxyl groups excluding tert-OH is 1. The Balaban J connectivity index is 1.16. The summed E-state index contributed by atoms with van der Waals surface area (Å²) in [7, 11) is 1.54. The molecule has 2 atom stereocenters. The molecule has 1 fully saturated rings. The SMILES string of the molecule is COc1ccc2ncc(F)c(CCN3CC[C@@H](NCc4ccc5c(c4)OCCO5)[C@H](O)C3)c2n1. The van der Waals surface area contributed by atoms with Crippen LogP contribution in [0.3, 0.4) is 0 Å². The van der Waals surface area contributed by atoms with Gasteiger partial charge in [0.25, 0.3) is 0 Å². The maximum absolute atomic E-state index is 14.6. The molecular formula is C25H29FN4O4. The molecule has 0 spiro atoms. The largest absolute Gasteiger partial charge is 0.486 e. The number of pyridine rings is 2. The van der Waals surface area contributed by atoms with Crippen LogP contribution in [0.2, 0.25) is 0 Å². The van der Waals surface area contributed by atoms with Gasteiger partial charge in [-0.15, -0.1) is 0 Å². The summed E-state index contributed by atoms with van der Waals surface area (Å²) in [5, 5.41) is 14.2. The van der Waals surface area contributed by atoms with Crippen molar-refractivity contribution in [3.63, 3.8) is 0 Å². The van der Waals surface area contributed by atoms with Gasteiger partial charge in [-0.25, -0.2) is 9.37 Å². The molecule has 1 aromatic carbocycles. The van der Waals surface area contributed by atoms with Crippen molar-refractivity contribution in [1.29, 1.82) is 0 Å². The van der Waals surface area contributed by atoms with Crippen LogP contribution in [0, 0.1) is 5.82 Å². The monoisotopic (exact) mass is 468 g/mol. The third-order valence-corrected chi connectivity index (χ3v) is 6.47. The number of rotatable bonds is 7. The van der Waals surface area contributed by atoms with Crippen LogP contribution in [0.4, 0.5) is 4.39 Å². The fraction of sp³-hybridized carbons (Fsp3) is 0.440. The van der Waals surface area contributed by atoms with Crippen LogP contribution in [0.1, 0.15) is 17.5 Å². The molecule has 0 aliphatic carbocycles. The summed E-state index contributed by atoms with van der Waals surface area (Å²) >= 11 is 0. The molecule has 9 heteroatoms. The maximum Gasteiger partial charge on any atom is 0.213 e. The van der Waals surface area contributed by atoms with Gasteiger partial charge in [-0.2, -0.15) is 0 Å². The predicted octanol–water partition coefficient (Wildman–Crippen LogP) is 2.32. The first-order valence-corrected chi connectivity index (χ1v) is 11.6. The Labute approximate surface area is 197 Å². The Hall–Kier alpha value is -3.01. The van der Waals surface area contributed by atoms with Crippen LogP contribution in [-0.4, -0.2) is 72.1 Å². The Morgan fingerprint density at radius 3 is 2.88 bits per heavy atom. The normalized spacial score (nSPS) is 20.4. The van der Waals surface area contributed by atoms with Crippen LogP contribution in [0.15, 0.2) is 36.5 Å². The minimum absolute atomic E-state index is 0.00568. The van der Waals surface area contributed by atoms with Gasteiger partial charge in [0.1, 0.15) is 19.0 Å². The number of hydrogen-bond acceptors (Lipinski definition) is 8. The highest BCUT2D eigenvalue weighted by Crippen LogP contribution is 2.31. The molecule has 2 aliphatic rings. The lowest BCUT2D eigenvalue weighted by Gasteiger charge is -2.36. The second-order valence-electron chi connectivity index (χ2n) is 8.68.